The van der Waals surface area contributed by atoms with E-state index < -0.39 is 0 Å². The van der Waals surface area contributed by atoms with Crippen LogP contribution in [0.1, 0.15) is 47.5 Å². The van der Waals surface area contributed by atoms with Crippen LogP contribution in [0, 0.1) is 5.41 Å². The molecule has 0 atom stereocenters. The minimum absolute atomic E-state index is 0.143. The predicted octanol–water partition coefficient (Wildman–Crippen LogP) is 3.11. The third-order valence-electron chi connectivity index (χ3n) is 3.29. The van der Waals surface area contributed by atoms with Crippen LogP contribution in [0.15, 0.2) is 16.8 Å². The Labute approximate surface area is 87.5 Å². The van der Waals surface area contributed by atoms with Crippen LogP contribution in [0.2, 0.25) is 0 Å². The van der Waals surface area contributed by atoms with E-state index in [9.17, 15) is 0 Å². The molecule has 2 nitrogen and oxygen atoms in total. The smallest absolute Gasteiger partial charge is 0.123 e. The van der Waals surface area contributed by atoms with Crippen molar-refractivity contribution in [1.82, 2.24) is 5.32 Å². The molecular formula is C12H22N2. The molecule has 0 aliphatic carbocycles. The SMILES string of the molecule is CCC(C)(CC)C1=CC=NC(C)(C)N1. The highest BCUT2D eigenvalue weighted by molar-refractivity contribution is 5.74. The zero-order valence-electron chi connectivity index (χ0n) is 10.0. The Hall–Kier alpha value is -0.790. The van der Waals surface area contributed by atoms with Crippen molar-refractivity contribution in [2.24, 2.45) is 10.4 Å². The number of allylic oxidation sites excluding steroid dienone is 2. The van der Waals surface area contributed by atoms with E-state index in [1.807, 2.05) is 6.21 Å². The summed E-state index contributed by atoms with van der Waals surface area (Å²) in [6.45, 7) is 11.0. The van der Waals surface area contributed by atoms with Crippen LogP contribution in [0.25, 0.3) is 0 Å². The molecule has 0 aromatic heterocycles. The lowest BCUT2D eigenvalue weighted by Crippen LogP contribution is -2.43. The van der Waals surface area contributed by atoms with Crippen LogP contribution in [-0.4, -0.2) is 11.9 Å². The maximum atomic E-state index is 4.38. The van der Waals surface area contributed by atoms with Gasteiger partial charge in [0.15, 0.2) is 0 Å². The largest absolute Gasteiger partial charge is 0.365 e. The van der Waals surface area contributed by atoms with Gasteiger partial charge in [0.2, 0.25) is 0 Å². The van der Waals surface area contributed by atoms with Gasteiger partial charge in [-0.25, -0.2) is 0 Å². The summed E-state index contributed by atoms with van der Waals surface area (Å²) in [6, 6.07) is 0. The number of rotatable bonds is 3. The minimum Gasteiger partial charge on any atom is -0.365 e. The molecule has 1 heterocycles. The molecule has 14 heavy (non-hydrogen) atoms. The second-order valence-electron chi connectivity index (χ2n) is 4.81. The van der Waals surface area contributed by atoms with Gasteiger partial charge in [-0.2, -0.15) is 0 Å². The quantitative estimate of drug-likeness (QED) is 0.733. The Bertz CT molecular complexity index is 257. The molecule has 0 aromatic rings. The van der Waals surface area contributed by atoms with Crippen molar-refractivity contribution in [3.05, 3.63) is 11.8 Å². The average Bonchev–Trinajstić information content (AvgIpc) is 2.15. The van der Waals surface area contributed by atoms with Crippen molar-refractivity contribution >= 4 is 6.21 Å². The summed E-state index contributed by atoms with van der Waals surface area (Å²) in [4.78, 5) is 4.38. The predicted molar refractivity (Wildman–Crippen MR) is 62.5 cm³/mol. The molecule has 0 fully saturated rings. The minimum atomic E-state index is -0.143. The Morgan fingerprint density at radius 1 is 1.36 bits per heavy atom. The molecule has 0 saturated heterocycles. The first-order valence-electron chi connectivity index (χ1n) is 5.48. The first-order valence-corrected chi connectivity index (χ1v) is 5.48. The summed E-state index contributed by atoms with van der Waals surface area (Å²) >= 11 is 0. The zero-order chi connectivity index (χ0) is 10.8. The Kier molecular flexibility index (Phi) is 3.03. The van der Waals surface area contributed by atoms with Gasteiger partial charge in [0.1, 0.15) is 5.66 Å². The van der Waals surface area contributed by atoms with Crippen molar-refractivity contribution in [2.75, 3.05) is 0 Å². The topological polar surface area (TPSA) is 24.4 Å². The zero-order valence-corrected chi connectivity index (χ0v) is 10.0. The first kappa shape index (κ1) is 11.3. The van der Waals surface area contributed by atoms with Crippen LogP contribution in [0.4, 0.5) is 0 Å². The van der Waals surface area contributed by atoms with Crippen molar-refractivity contribution in [2.45, 2.75) is 53.1 Å². The lowest BCUT2D eigenvalue weighted by Gasteiger charge is -2.37. The van der Waals surface area contributed by atoms with Gasteiger partial charge in [0, 0.05) is 17.3 Å². The molecule has 0 unspecified atom stereocenters. The average molecular weight is 194 g/mol. The summed E-state index contributed by atoms with van der Waals surface area (Å²) < 4.78 is 0. The summed E-state index contributed by atoms with van der Waals surface area (Å²) in [5.74, 6) is 0. The molecule has 0 amide bonds. The van der Waals surface area contributed by atoms with Gasteiger partial charge in [-0.3, -0.25) is 4.99 Å². The fourth-order valence-electron chi connectivity index (χ4n) is 1.68. The molecule has 1 aliphatic heterocycles. The molecule has 0 aromatic carbocycles. The van der Waals surface area contributed by atoms with Gasteiger partial charge in [-0.1, -0.05) is 20.8 Å². The summed E-state index contributed by atoms with van der Waals surface area (Å²) in [7, 11) is 0. The molecule has 1 aliphatic rings. The fourth-order valence-corrected chi connectivity index (χ4v) is 1.68. The van der Waals surface area contributed by atoms with E-state index in [0.717, 1.165) is 12.8 Å². The number of aliphatic imine (C=N–C) groups is 1. The van der Waals surface area contributed by atoms with Gasteiger partial charge in [0.05, 0.1) is 0 Å². The lowest BCUT2D eigenvalue weighted by molar-refractivity contribution is 0.304. The summed E-state index contributed by atoms with van der Waals surface area (Å²) in [5, 5.41) is 3.50. The number of nitrogens with zero attached hydrogens (tertiary/aromatic N) is 1. The third-order valence-corrected chi connectivity index (χ3v) is 3.29. The number of nitrogens with one attached hydrogen (secondary N) is 1. The highest BCUT2D eigenvalue weighted by Crippen LogP contribution is 2.34. The Balaban J connectivity index is 2.89. The molecule has 0 radical (unpaired) electrons. The lowest BCUT2D eigenvalue weighted by atomic mass is 9.80. The first-order chi connectivity index (χ1) is 6.43. The van der Waals surface area contributed by atoms with Crippen LogP contribution in [0.3, 0.4) is 0 Å². The van der Waals surface area contributed by atoms with Gasteiger partial charge < -0.3 is 5.32 Å². The molecule has 0 saturated carbocycles. The van der Waals surface area contributed by atoms with E-state index in [-0.39, 0.29) is 11.1 Å². The van der Waals surface area contributed by atoms with E-state index in [1.54, 1.807) is 0 Å². The van der Waals surface area contributed by atoms with E-state index in [1.165, 1.54) is 5.70 Å². The highest BCUT2D eigenvalue weighted by Gasteiger charge is 2.30. The highest BCUT2D eigenvalue weighted by atomic mass is 15.1. The standard InChI is InChI=1S/C12H22N2/c1-6-12(5,7-2)10-8-9-13-11(3,4)14-10/h8-9,14H,6-7H2,1-5H3. The van der Waals surface area contributed by atoms with Crippen LogP contribution in [0.5, 0.6) is 0 Å². The van der Waals surface area contributed by atoms with E-state index >= 15 is 0 Å². The van der Waals surface area contributed by atoms with Crippen LogP contribution in [-0.2, 0) is 0 Å². The maximum Gasteiger partial charge on any atom is 0.123 e. The maximum absolute atomic E-state index is 4.38. The second kappa shape index (κ2) is 3.76. The van der Waals surface area contributed by atoms with Gasteiger partial charge in [0.25, 0.3) is 0 Å². The van der Waals surface area contributed by atoms with Crippen molar-refractivity contribution in [1.29, 1.82) is 0 Å². The van der Waals surface area contributed by atoms with E-state index in [2.05, 4.69) is 51.0 Å². The molecule has 0 spiro atoms. The van der Waals surface area contributed by atoms with Crippen molar-refractivity contribution < 1.29 is 0 Å². The summed E-state index contributed by atoms with van der Waals surface area (Å²) in [6.07, 6.45) is 6.35. The molecular weight excluding hydrogens is 172 g/mol. The fraction of sp³-hybridized carbons (Fsp3) is 0.750. The van der Waals surface area contributed by atoms with Crippen LogP contribution >= 0.6 is 0 Å². The van der Waals surface area contributed by atoms with Crippen molar-refractivity contribution in [3.63, 3.8) is 0 Å². The second-order valence-corrected chi connectivity index (χ2v) is 4.81. The van der Waals surface area contributed by atoms with Gasteiger partial charge in [-0.15, -0.1) is 0 Å². The monoisotopic (exact) mass is 194 g/mol. The normalized spacial score (nSPS) is 20.2. The van der Waals surface area contributed by atoms with Crippen LogP contribution < -0.4 is 5.32 Å². The number of hydrogen-bond donors (Lipinski definition) is 1. The molecule has 80 valence electrons. The number of hydrogen-bond acceptors (Lipinski definition) is 2. The van der Waals surface area contributed by atoms with E-state index in [0.29, 0.717) is 0 Å². The third kappa shape index (κ3) is 2.17. The Morgan fingerprint density at radius 2 is 1.93 bits per heavy atom. The van der Waals surface area contributed by atoms with Gasteiger partial charge >= 0.3 is 0 Å². The van der Waals surface area contributed by atoms with Gasteiger partial charge in [-0.05, 0) is 32.8 Å². The Morgan fingerprint density at radius 3 is 2.36 bits per heavy atom. The molecule has 1 N–H and O–H groups in total. The summed E-state index contributed by atoms with van der Waals surface area (Å²) in [5.41, 5.74) is 1.45. The molecule has 1 rings (SSSR count). The molecule has 2 heteroatoms. The van der Waals surface area contributed by atoms with Crippen molar-refractivity contribution in [3.8, 4) is 0 Å². The van der Waals surface area contributed by atoms with E-state index in [4.69, 9.17) is 0 Å². The molecule has 0 bridgehead atoms.